The molecule has 1 fully saturated rings. The van der Waals surface area contributed by atoms with Crippen molar-refractivity contribution in [3.63, 3.8) is 0 Å². The molecule has 0 aliphatic carbocycles. The van der Waals surface area contributed by atoms with Crippen molar-refractivity contribution in [1.82, 2.24) is 4.31 Å². The van der Waals surface area contributed by atoms with Crippen LogP contribution in [0.25, 0.3) is 0 Å². The second-order valence-electron chi connectivity index (χ2n) is 7.04. The number of halogens is 1. The first-order valence-corrected chi connectivity index (χ1v) is 11.4. The van der Waals surface area contributed by atoms with Crippen LogP contribution in [-0.2, 0) is 21.2 Å². The minimum absolute atomic E-state index is 0.0968. The van der Waals surface area contributed by atoms with E-state index in [-0.39, 0.29) is 22.4 Å². The van der Waals surface area contributed by atoms with Crippen molar-refractivity contribution < 1.29 is 17.9 Å². The average molecular weight is 437 g/mol. The number of anilines is 1. The second-order valence-corrected chi connectivity index (χ2v) is 9.38. The Balaban J connectivity index is 1.71. The van der Waals surface area contributed by atoms with E-state index in [0.29, 0.717) is 30.8 Å². The van der Waals surface area contributed by atoms with Crippen molar-refractivity contribution >= 4 is 33.2 Å². The molecule has 8 heteroatoms. The number of nitrogens with zero attached hydrogens (tertiary/aromatic N) is 1. The molecule has 1 saturated heterocycles. The molecule has 0 unspecified atom stereocenters. The minimum Gasteiger partial charge on any atom is -0.495 e. The first-order chi connectivity index (χ1) is 13.8. The van der Waals surface area contributed by atoms with Crippen molar-refractivity contribution in [3.05, 3.63) is 53.1 Å². The third-order valence-electron chi connectivity index (χ3n) is 5.15. The summed E-state index contributed by atoms with van der Waals surface area (Å²) in [5.41, 5.74) is 1.91. The molecule has 0 radical (unpaired) electrons. The number of benzene rings is 2. The summed E-state index contributed by atoms with van der Waals surface area (Å²) in [6.07, 6.45) is 2.20. The number of aryl methyl sites for hydroxylation is 1. The number of piperidine rings is 1. The summed E-state index contributed by atoms with van der Waals surface area (Å²) in [4.78, 5) is 12.8. The molecule has 2 aromatic carbocycles. The molecule has 1 aliphatic rings. The van der Waals surface area contributed by atoms with E-state index < -0.39 is 15.9 Å². The van der Waals surface area contributed by atoms with Crippen LogP contribution >= 0.6 is 11.6 Å². The summed E-state index contributed by atoms with van der Waals surface area (Å²) in [7, 11) is -2.27. The zero-order valence-corrected chi connectivity index (χ0v) is 18.1. The fourth-order valence-corrected chi connectivity index (χ4v) is 5.27. The SMILES string of the molecule is CCc1ccc(NC(=O)[C@@H]2CCCN(S(=O)(=O)c3ccc(OC)c(Cl)c3)C2)cc1. The highest BCUT2D eigenvalue weighted by Gasteiger charge is 2.33. The molecular weight excluding hydrogens is 412 g/mol. The lowest BCUT2D eigenvalue weighted by molar-refractivity contribution is -0.120. The Morgan fingerprint density at radius 1 is 1.24 bits per heavy atom. The average Bonchev–Trinajstić information content (AvgIpc) is 2.74. The first-order valence-electron chi connectivity index (χ1n) is 9.58. The van der Waals surface area contributed by atoms with Gasteiger partial charge in [-0.05, 0) is 55.2 Å². The second kappa shape index (κ2) is 9.15. The van der Waals surface area contributed by atoms with Crippen LogP contribution < -0.4 is 10.1 Å². The quantitative estimate of drug-likeness (QED) is 0.743. The normalized spacial score (nSPS) is 17.7. The fraction of sp³-hybridized carbons (Fsp3) is 0.381. The molecule has 0 spiro atoms. The largest absolute Gasteiger partial charge is 0.495 e. The predicted molar refractivity (Wildman–Crippen MR) is 114 cm³/mol. The van der Waals surface area contributed by atoms with Gasteiger partial charge in [-0.1, -0.05) is 30.7 Å². The fourth-order valence-electron chi connectivity index (χ4n) is 3.40. The van der Waals surface area contributed by atoms with E-state index >= 15 is 0 Å². The van der Waals surface area contributed by atoms with Crippen molar-refractivity contribution in [2.24, 2.45) is 5.92 Å². The van der Waals surface area contributed by atoms with Gasteiger partial charge in [-0.2, -0.15) is 4.31 Å². The Morgan fingerprint density at radius 3 is 2.59 bits per heavy atom. The van der Waals surface area contributed by atoms with Gasteiger partial charge in [0.1, 0.15) is 5.75 Å². The monoisotopic (exact) mass is 436 g/mol. The predicted octanol–water partition coefficient (Wildman–Crippen LogP) is 3.95. The van der Waals surface area contributed by atoms with Crippen LogP contribution in [0.4, 0.5) is 5.69 Å². The number of carbonyl (C=O) groups is 1. The lowest BCUT2D eigenvalue weighted by Crippen LogP contribution is -2.43. The first kappa shape index (κ1) is 21.6. The molecule has 156 valence electrons. The number of ether oxygens (including phenoxy) is 1. The van der Waals surface area contributed by atoms with Crippen LogP contribution in [0.3, 0.4) is 0 Å². The third-order valence-corrected chi connectivity index (χ3v) is 7.30. The van der Waals surface area contributed by atoms with E-state index in [1.165, 1.54) is 35.2 Å². The van der Waals surface area contributed by atoms with Crippen LogP contribution in [0.5, 0.6) is 5.75 Å². The summed E-state index contributed by atoms with van der Waals surface area (Å²) in [6, 6.07) is 12.1. The van der Waals surface area contributed by atoms with E-state index in [4.69, 9.17) is 16.3 Å². The highest BCUT2D eigenvalue weighted by atomic mass is 35.5. The summed E-state index contributed by atoms with van der Waals surface area (Å²) in [5, 5.41) is 3.13. The Kier molecular flexibility index (Phi) is 6.82. The maximum Gasteiger partial charge on any atom is 0.243 e. The minimum atomic E-state index is -3.74. The van der Waals surface area contributed by atoms with Crippen LogP contribution in [-0.4, -0.2) is 38.8 Å². The Hall–Kier alpha value is -2.09. The number of nitrogens with one attached hydrogen (secondary N) is 1. The molecular formula is C21H25ClN2O4S. The summed E-state index contributed by atoms with van der Waals surface area (Å²) >= 11 is 6.09. The summed E-state index contributed by atoms with van der Waals surface area (Å²) in [6.45, 7) is 2.59. The molecule has 1 aliphatic heterocycles. The number of amides is 1. The number of hydrogen-bond acceptors (Lipinski definition) is 4. The molecule has 1 amide bonds. The van der Waals surface area contributed by atoms with Crippen LogP contribution in [0.1, 0.15) is 25.3 Å². The highest BCUT2D eigenvalue weighted by molar-refractivity contribution is 7.89. The van der Waals surface area contributed by atoms with Gasteiger partial charge in [0.15, 0.2) is 0 Å². The topological polar surface area (TPSA) is 75.7 Å². The van der Waals surface area contributed by atoms with Gasteiger partial charge in [-0.3, -0.25) is 4.79 Å². The smallest absolute Gasteiger partial charge is 0.243 e. The Labute approximate surface area is 176 Å². The Bertz CT molecular complexity index is 977. The molecule has 1 heterocycles. The van der Waals surface area contributed by atoms with Crippen molar-refractivity contribution in [1.29, 1.82) is 0 Å². The number of hydrogen-bond donors (Lipinski definition) is 1. The maximum atomic E-state index is 13.0. The molecule has 2 aromatic rings. The third kappa shape index (κ3) is 4.91. The summed E-state index contributed by atoms with van der Waals surface area (Å²) < 4.78 is 32.5. The van der Waals surface area contributed by atoms with Gasteiger partial charge in [0.05, 0.1) is 22.9 Å². The summed E-state index contributed by atoms with van der Waals surface area (Å²) in [5.74, 6) is -0.157. The molecule has 1 atom stereocenters. The molecule has 6 nitrogen and oxygen atoms in total. The zero-order chi connectivity index (χ0) is 21.0. The maximum absolute atomic E-state index is 13.0. The zero-order valence-electron chi connectivity index (χ0n) is 16.5. The highest BCUT2D eigenvalue weighted by Crippen LogP contribution is 2.30. The van der Waals surface area contributed by atoms with Gasteiger partial charge in [-0.25, -0.2) is 8.42 Å². The van der Waals surface area contributed by atoms with Gasteiger partial charge in [0.2, 0.25) is 15.9 Å². The van der Waals surface area contributed by atoms with E-state index in [1.807, 2.05) is 24.3 Å². The molecule has 3 rings (SSSR count). The molecule has 29 heavy (non-hydrogen) atoms. The van der Waals surface area contributed by atoms with E-state index in [1.54, 1.807) is 0 Å². The standard InChI is InChI=1S/C21H25ClN2O4S/c1-3-15-6-8-17(9-7-15)23-21(25)16-5-4-12-24(14-16)29(26,27)18-10-11-20(28-2)19(22)13-18/h6-11,13,16H,3-5,12,14H2,1-2H3,(H,23,25)/t16-/m1/s1. The van der Waals surface area contributed by atoms with Gasteiger partial charge in [0, 0.05) is 18.8 Å². The number of methoxy groups -OCH3 is 1. The lowest BCUT2D eigenvalue weighted by atomic mass is 9.98. The van der Waals surface area contributed by atoms with Gasteiger partial charge in [-0.15, -0.1) is 0 Å². The molecule has 1 N–H and O–H groups in total. The number of carbonyl (C=O) groups excluding carboxylic acids is 1. The van der Waals surface area contributed by atoms with Crippen molar-refractivity contribution in [2.75, 3.05) is 25.5 Å². The van der Waals surface area contributed by atoms with Gasteiger partial charge >= 0.3 is 0 Å². The van der Waals surface area contributed by atoms with Crippen molar-refractivity contribution in [3.8, 4) is 5.75 Å². The van der Waals surface area contributed by atoms with E-state index in [0.717, 1.165) is 6.42 Å². The van der Waals surface area contributed by atoms with Crippen LogP contribution in [0.15, 0.2) is 47.4 Å². The van der Waals surface area contributed by atoms with E-state index in [2.05, 4.69) is 12.2 Å². The number of sulfonamides is 1. The Morgan fingerprint density at radius 2 is 1.97 bits per heavy atom. The molecule has 0 bridgehead atoms. The number of rotatable bonds is 6. The van der Waals surface area contributed by atoms with Crippen LogP contribution in [0, 0.1) is 5.92 Å². The van der Waals surface area contributed by atoms with Gasteiger partial charge in [0.25, 0.3) is 0 Å². The lowest BCUT2D eigenvalue weighted by Gasteiger charge is -2.31. The van der Waals surface area contributed by atoms with Crippen molar-refractivity contribution in [2.45, 2.75) is 31.1 Å². The molecule has 0 aromatic heterocycles. The van der Waals surface area contributed by atoms with E-state index in [9.17, 15) is 13.2 Å². The van der Waals surface area contributed by atoms with Crippen LogP contribution in [0.2, 0.25) is 5.02 Å². The van der Waals surface area contributed by atoms with Gasteiger partial charge < -0.3 is 10.1 Å². The molecule has 0 saturated carbocycles.